The van der Waals surface area contributed by atoms with E-state index in [-0.39, 0.29) is 5.54 Å². The molecular formula is C15H22N4. The Balaban J connectivity index is 2.20. The van der Waals surface area contributed by atoms with Crippen molar-refractivity contribution in [2.75, 3.05) is 0 Å². The minimum absolute atomic E-state index is 0.0985. The van der Waals surface area contributed by atoms with E-state index in [0.29, 0.717) is 0 Å². The Kier molecular flexibility index (Phi) is 4.00. The fraction of sp³-hybridized carbons (Fsp3) is 0.467. The van der Waals surface area contributed by atoms with Crippen molar-refractivity contribution in [3.8, 4) is 5.82 Å². The maximum Gasteiger partial charge on any atom is 0.138 e. The van der Waals surface area contributed by atoms with E-state index >= 15 is 0 Å². The molecule has 0 unspecified atom stereocenters. The zero-order chi connectivity index (χ0) is 13.9. The molecule has 0 atom stereocenters. The maximum absolute atomic E-state index is 4.69. The first-order valence-electron chi connectivity index (χ1n) is 6.73. The van der Waals surface area contributed by atoms with Crippen molar-refractivity contribution >= 4 is 0 Å². The summed E-state index contributed by atoms with van der Waals surface area (Å²) in [5.74, 6) is 1.97. The highest BCUT2D eigenvalue weighted by molar-refractivity contribution is 5.26. The van der Waals surface area contributed by atoms with Crippen LogP contribution in [0.2, 0.25) is 0 Å². The molecule has 2 aromatic heterocycles. The molecule has 4 nitrogen and oxygen atoms in total. The summed E-state index contributed by atoms with van der Waals surface area (Å²) in [6, 6.07) is 6.10. The Morgan fingerprint density at radius 1 is 1.26 bits per heavy atom. The van der Waals surface area contributed by atoms with Gasteiger partial charge in [0.2, 0.25) is 0 Å². The lowest BCUT2D eigenvalue weighted by atomic mass is 10.1. The van der Waals surface area contributed by atoms with E-state index in [9.17, 15) is 0 Å². The topological polar surface area (TPSA) is 42.7 Å². The molecular weight excluding hydrogens is 236 g/mol. The van der Waals surface area contributed by atoms with Gasteiger partial charge in [0.25, 0.3) is 0 Å². The van der Waals surface area contributed by atoms with Gasteiger partial charge in [0.15, 0.2) is 0 Å². The van der Waals surface area contributed by atoms with Gasteiger partial charge in [0, 0.05) is 30.9 Å². The smallest absolute Gasteiger partial charge is 0.138 e. The van der Waals surface area contributed by atoms with Gasteiger partial charge in [-0.3, -0.25) is 4.57 Å². The first-order valence-corrected chi connectivity index (χ1v) is 6.73. The van der Waals surface area contributed by atoms with Gasteiger partial charge in [0.1, 0.15) is 11.6 Å². The summed E-state index contributed by atoms with van der Waals surface area (Å²) in [7, 11) is 0. The Labute approximate surface area is 114 Å². The fourth-order valence-electron chi connectivity index (χ4n) is 1.86. The molecule has 1 N–H and O–H groups in total. The third kappa shape index (κ3) is 3.64. The van der Waals surface area contributed by atoms with E-state index < -0.39 is 0 Å². The molecule has 2 rings (SSSR count). The van der Waals surface area contributed by atoms with Gasteiger partial charge in [-0.05, 0) is 32.9 Å². The van der Waals surface area contributed by atoms with E-state index in [2.05, 4.69) is 43.0 Å². The highest BCUT2D eigenvalue weighted by Crippen LogP contribution is 2.10. The molecule has 0 bridgehead atoms. The van der Waals surface area contributed by atoms with Gasteiger partial charge in [-0.15, -0.1) is 0 Å². The van der Waals surface area contributed by atoms with Crippen molar-refractivity contribution in [3.05, 3.63) is 42.1 Å². The van der Waals surface area contributed by atoms with Crippen molar-refractivity contribution < 1.29 is 0 Å². The Morgan fingerprint density at radius 3 is 2.74 bits per heavy atom. The van der Waals surface area contributed by atoms with Crippen LogP contribution in [0.4, 0.5) is 0 Å². The van der Waals surface area contributed by atoms with E-state index in [4.69, 9.17) is 0 Å². The average molecular weight is 258 g/mol. The minimum atomic E-state index is 0.0985. The van der Waals surface area contributed by atoms with Crippen LogP contribution < -0.4 is 5.32 Å². The van der Waals surface area contributed by atoms with Crippen LogP contribution in [-0.4, -0.2) is 20.1 Å². The molecule has 0 aliphatic carbocycles. The summed E-state index contributed by atoms with van der Waals surface area (Å²) in [4.78, 5) is 9.02. The number of imidazole rings is 1. The number of nitrogens with one attached hydrogen (secondary N) is 1. The predicted octanol–water partition coefficient (Wildman–Crippen LogP) is 2.72. The summed E-state index contributed by atoms with van der Waals surface area (Å²) in [6.45, 7) is 9.34. The molecule has 0 amide bonds. The number of aromatic nitrogens is 3. The third-order valence-electron chi connectivity index (χ3n) is 2.87. The Morgan fingerprint density at radius 2 is 2.05 bits per heavy atom. The number of hydrogen-bond donors (Lipinski definition) is 1. The molecule has 19 heavy (non-hydrogen) atoms. The van der Waals surface area contributed by atoms with Crippen LogP contribution in [0.15, 0.2) is 30.6 Å². The van der Waals surface area contributed by atoms with E-state index in [1.54, 1.807) is 0 Å². The lowest BCUT2D eigenvalue weighted by molar-refractivity contribution is 0.421. The summed E-state index contributed by atoms with van der Waals surface area (Å²) in [5.41, 5.74) is 1.14. The lowest BCUT2D eigenvalue weighted by Gasteiger charge is -2.20. The van der Waals surface area contributed by atoms with Gasteiger partial charge in [-0.25, -0.2) is 9.97 Å². The lowest BCUT2D eigenvalue weighted by Crippen LogP contribution is -2.35. The van der Waals surface area contributed by atoms with Crippen molar-refractivity contribution in [2.24, 2.45) is 0 Å². The zero-order valence-corrected chi connectivity index (χ0v) is 12.1. The largest absolute Gasteiger partial charge is 0.306 e. The first-order chi connectivity index (χ1) is 8.99. The minimum Gasteiger partial charge on any atom is -0.306 e. The molecule has 102 valence electrons. The Hall–Kier alpha value is -1.68. The van der Waals surface area contributed by atoms with Crippen LogP contribution in [0, 0.1) is 0 Å². The quantitative estimate of drug-likeness (QED) is 0.917. The molecule has 0 saturated carbocycles. The predicted molar refractivity (Wildman–Crippen MR) is 77.3 cm³/mol. The number of nitrogens with zero attached hydrogens (tertiary/aromatic N) is 3. The SMILES string of the molecule is CCc1nccn1-c1cccc(CNC(C)(C)C)n1. The van der Waals surface area contributed by atoms with E-state index in [0.717, 1.165) is 30.3 Å². The van der Waals surface area contributed by atoms with Gasteiger partial charge >= 0.3 is 0 Å². The van der Waals surface area contributed by atoms with Gasteiger partial charge in [-0.2, -0.15) is 0 Å². The van der Waals surface area contributed by atoms with Crippen molar-refractivity contribution in [1.82, 2.24) is 19.9 Å². The molecule has 0 fully saturated rings. The molecule has 0 aliphatic heterocycles. The number of hydrogen-bond acceptors (Lipinski definition) is 3. The van der Waals surface area contributed by atoms with Crippen LogP contribution in [0.5, 0.6) is 0 Å². The van der Waals surface area contributed by atoms with Crippen LogP contribution >= 0.6 is 0 Å². The highest BCUT2D eigenvalue weighted by atomic mass is 15.1. The average Bonchev–Trinajstić information content (AvgIpc) is 2.84. The summed E-state index contributed by atoms with van der Waals surface area (Å²) in [5, 5.41) is 3.45. The monoisotopic (exact) mass is 258 g/mol. The fourth-order valence-corrected chi connectivity index (χ4v) is 1.86. The second-order valence-corrected chi connectivity index (χ2v) is 5.66. The molecule has 0 aromatic carbocycles. The van der Waals surface area contributed by atoms with Crippen LogP contribution in [0.1, 0.15) is 39.2 Å². The molecule has 0 spiro atoms. The Bertz CT molecular complexity index is 537. The number of rotatable bonds is 4. The molecule has 2 heterocycles. The van der Waals surface area contributed by atoms with Crippen LogP contribution in [-0.2, 0) is 13.0 Å². The van der Waals surface area contributed by atoms with Gasteiger partial charge < -0.3 is 5.32 Å². The molecule has 0 radical (unpaired) electrons. The van der Waals surface area contributed by atoms with Crippen LogP contribution in [0.3, 0.4) is 0 Å². The van der Waals surface area contributed by atoms with Crippen LogP contribution in [0.25, 0.3) is 5.82 Å². The van der Waals surface area contributed by atoms with E-state index in [1.807, 2.05) is 35.2 Å². The standard InChI is InChI=1S/C15H22N4/c1-5-13-16-9-10-19(13)14-8-6-7-12(18-14)11-17-15(2,3)4/h6-10,17H,5,11H2,1-4H3. The summed E-state index contributed by atoms with van der Waals surface area (Å²) >= 11 is 0. The van der Waals surface area contributed by atoms with Gasteiger partial charge in [-0.1, -0.05) is 13.0 Å². The van der Waals surface area contributed by atoms with Crippen molar-refractivity contribution in [1.29, 1.82) is 0 Å². The third-order valence-corrected chi connectivity index (χ3v) is 2.87. The molecule has 0 aliphatic rings. The van der Waals surface area contributed by atoms with E-state index in [1.165, 1.54) is 0 Å². The molecule has 4 heteroatoms. The highest BCUT2D eigenvalue weighted by Gasteiger charge is 2.10. The zero-order valence-electron chi connectivity index (χ0n) is 12.1. The summed E-state index contributed by atoms with van der Waals surface area (Å²) in [6.07, 6.45) is 4.68. The molecule has 0 saturated heterocycles. The molecule has 2 aromatic rings. The second kappa shape index (κ2) is 5.53. The number of pyridine rings is 1. The van der Waals surface area contributed by atoms with Gasteiger partial charge in [0.05, 0.1) is 5.69 Å². The van der Waals surface area contributed by atoms with Crippen molar-refractivity contribution in [3.63, 3.8) is 0 Å². The first kappa shape index (κ1) is 13.7. The maximum atomic E-state index is 4.69. The number of aryl methyl sites for hydroxylation is 1. The normalized spacial score (nSPS) is 11.8. The van der Waals surface area contributed by atoms with Crippen molar-refractivity contribution in [2.45, 2.75) is 46.2 Å². The second-order valence-electron chi connectivity index (χ2n) is 5.66. The summed E-state index contributed by atoms with van der Waals surface area (Å²) < 4.78 is 2.04.